The second-order valence-electron chi connectivity index (χ2n) is 4.52. The van der Waals surface area contributed by atoms with E-state index >= 15 is 0 Å². The van der Waals surface area contributed by atoms with Crippen LogP contribution in [0.3, 0.4) is 0 Å². The molecule has 3 aromatic rings. The zero-order valence-corrected chi connectivity index (χ0v) is 14.1. The number of hydrogen-bond acceptors (Lipinski definition) is 4. The van der Waals surface area contributed by atoms with Crippen molar-refractivity contribution >= 4 is 49.2 Å². The van der Waals surface area contributed by atoms with Crippen molar-refractivity contribution in [2.24, 2.45) is 5.73 Å². The molecule has 0 bridgehead atoms. The number of rotatable bonds is 3. The van der Waals surface area contributed by atoms with Crippen LogP contribution in [-0.2, 0) is 0 Å². The molecule has 0 aliphatic rings. The minimum absolute atomic E-state index is 0.0332. The zero-order valence-electron chi connectivity index (χ0n) is 10.8. The van der Waals surface area contributed by atoms with Crippen LogP contribution in [0.5, 0.6) is 0 Å². The summed E-state index contributed by atoms with van der Waals surface area (Å²) in [5.41, 5.74) is 8.11. The Morgan fingerprint density at radius 2 is 2.05 bits per heavy atom. The maximum atomic E-state index is 5.92. The molecule has 0 fully saturated rings. The number of benzene rings is 2. The van der Waals surface area contributed by atoms with E-state index in [1.807, 2.05) is 25.1 Å². The van der Waals surface area contributed by atoms with Crippen LogP contribution in [0, 0.1) is 0 Å². The van der Waals surface area contributed by atoms with Gasteiger partial charge < -0.3 is 5.73 Å². The number of halogens is 1. The Morgan fingerprint density at radius 1 is 1.25 bits per heavy atom. The van der Waals surface area contributed by atoms with E-state index < -0.39 is 0 Å². The molecule has 0 radical (unpaired) electrons. The first-order valence-corrected chi connectivity index (χ1v) is 8.64. The first-order chi connectivity index (χ1) is 9.63. The largest absolute Gasteiger partial charge is 0.324 e. The fourth-order valence-corrected chi connectivity index (χ4v) is 4.91. The molecular weight excluding hydrogens is 352 g/mol. The number of fused-ring (bicyclic) bond motifs is 1. The number of thiazole rings is 1. The quantitative estimate of drug-likeness (QED) is 0.691. The summed E-state index contributed by atoms with van der Waals surface area (Å²) in [6.07, 6.45) is 0. The maximum Gasteiger partial charge on any atom is 0.155 e. The van der Waals surface area contributed by atoms with Crippen LogP contribution in [0.2, 0.25) is 0 Å². The third kappa shape index (κ3) is 2.91. The van der Waals surface area contributed by atoms with Crippen molar-refractivity contribution < 1.29 is 0 Å². The van der Waals surface area contributed by atoms with Gasteiger partial charge in [0.2, 0.25) is 0 Å². The predicted octanol–water partition coefficient (Wildman–Crippen LogP) is 5.23. The molecule has 2 N–H and O–H groups in total. The molecule has 1 heterocycles. The van der Waals surface area contributed by atoms with E-state index in [4.69, 9.17) is 5.73 Å². The normalized spacial score (nSPS) is 12.8. The van der Waals surface area contributed by atoms with E-state index in [9.17, 15) is 0 Å². The Morgan fingerprint density at radius 3 is 2.75 bits per heavy atom. The van der Waals surface area contributed by atoms with E-state index in [1.54, 1.807) is 23.1 Å². The predicted molar refractivity (Wildman–Crippen MR) is 90.5 cm³/mol. The van der Waals surface area contributed by atoms with Crippen LogP contribution in [0.15, 0.2) is 56.2 Å². The highest BCUT2D eigenvalue weighted by Crippen LogP contribution is 2.36. The zero-order chi connectivity index (χ0) is 14.1. The molecule has 3 rings (SSSR count). The highest BCUT2D eigenvalue weighted by molar-refractivity contribution is 9.10. The third-order valence-electron chi connectivity index (χ3n) is 2.94. The van der Waals surface area contributed by atoms with Gasteiger partial charge >= 0.3 is 0 Å². The van der Waals surface area contributed by atoms with Crippen LogP contribution in [-0.4, -0.2) is 4.98 Å². The minimum atomic E-state index is 0.0332. The second kappa shape index (κ2) is 5.85. The Hall–Kier alpha value is -0.880. The Kier molecular flexibility index (Phi) is 4.12. The molecule has 5 heteroatoms. The molecule has 2 nitrogen and oxygen atoms in total. The summed E-state index contributed by atoms with van der Waals surface area (Å²) in [5, 5.41) is 0. The van der Waals surface area contributed by atoms with Gasteiger partial charge in [-0.1, -0.05) is 45.9 Å². The Bertz CT molecular complexity index is 719. The van der Waals surface area contributed by atoms with Gasteiger partial charge in [-0.15, -0.1) is 11.3 Å². The van der Waals surface area contributed by atoms with Crippen molar-refractivity contribution in [1.82, 2.24) is 4.98 Å². The van der Waals surface area contributed by atoms with Gasteiger partial charge in [-0.05, 0) is 36.8 Å². The number of nitrogens with two attached hydrogens (primary N) is 1. The van der Waals surface area contributed by atoms with Crippen LogP contribution >= 0.6 is 39.0 Å². The fourth-order valence-electron chi connectivity index (χ4n) is 1.94. The summed E-state index contributed by atoms with van der Waals surface area (Å²) in [7, 11) is 0. The van der Waals surface area contributed by atoms with Crippen LogP contribution in [0.1, 0.15) is 18.5 Å². The summed E-state index contributed by atoms with van der Waals surface area (Å²) in [6.45, 7) is 1.99. The first-order valence-electron chi connectivity index (χ1n) is 6.22. The summed E-state index contributed by atoms with van der Waals surface area (Å²) >= 11 is 6.99. The smallest absolute Gasteiger partial charge is 0.155 e. The number of hydrogen-bond donors (Lipinski definition) is 1. The monoisotopic (exact) mass is 364 g/mol. The van der Waals surface area contributed by atoms with Gasteiger partial charge in [0, 0.05) is 15.4 Å². The lowest BCUT2D eigenvalue weighted by atomic mass is 10.1. The van der Waals surface area contributed by atoms with Crippen LogP contribution in [0.25, 0.3) is 10.2 Å². The minimum Gasteiger partial charge on any atom is -0.324 e. The van der Waals surface area contributed by atoms with E-state index in [2.05, 4.69) is 45.2 Å². The summed E-state index contributed by atoms with van der Waals surface area (Å²) in [5.74, 6) is 0. The molecule has 102 valence electrons. The fraction of sp³-hybridized carbons (Fsp3) is 0.133. The van der Waals surface area contributed by atoms with Crippen molar-refractivity contribution in [3.05, 3.63) is 52.5 Å². The summed E-state index contributed by atoms with van der Waals surface area (Å²) < 4.78 is 3.34. The highest BCUT2D eigenvalue weighted by atomic mass is 79.9. The molecule has 0 saturated heterocycles. The van der Waals surface area contributed by atoms with E-state index in [-0.39, 0.29) is 6.04 Å². The average Bonchev–Trinajstić information content (AvgIpc) is 2.80. The van der Waals surface area contributed by atoms with Gasteiger partial charge in [0.05, 0.1) is 10.2 Å². The van der Waals surface area contributed by atoms with Gasteiger partial charge in [-0.2, -0.15) is 0 Å². The summed E-state index contributed by atoms with van der Waals surface area (Å²) in [4.78, 5) is 5.80. The van der Waals surface area contributed by atoms with E-state index in [0.29, 0.717) is 0 Å². The van der Waals surface area contributed by atoms with Crippen molar-refractivity contribution in [3.8, 4) is 0 Å². The maximum absolute atomic E-state index is 5.92. The van der Waals surface area contributed by atoms with Crippen molar-refractivity contribution in [2.75, 3.05) is 0 Å². The molecule has 0 aliphatic heterocycles. The molecule has 1 aromatic heterocycles. The number of nitrogens with zero attached hydrogens (tertiary/aromatic N) is 1. The molecular formula is C15H13BrN2S2. The first kappa shape index (κ1) is 14.1. The SMILES string of the molecule is C[C@@H](N)c1ccc(Sc2nc3ccccc3s2)cc1Br. The molecule has 0 unspecified atom stereocenters. The van der Waals surface area contributed by atoms with Gasteiger partial charge in [0.15, 0.2) is 4.34 Å². The van der Waals surface area contributed by atoms with Crippen molar-refractivity contribution in [3.63, 3.8) is 0 Å². The van der Waals surface area contributed by atoms with Gasteiger partial charge in [-0.25, -0.2) is 4.98 Å². The van der Waals surface area contributed by atoms with E-state index in [0.717, 1.165) is 19.9 Å². The molecule has 0 saturated carbocycles. The highest BCUT2D eigenvalue weighted by Gasteiger charge is 2.09. The van der Waals surface area contributed by atoms with Gasteiger partial charge in [0.1, 0.15) is 0 Å². The summed E-state index contributed by atoms with van der Waals surface area (Å²) in [6, 6.07) is 14.5. The topological polar surface area (TPSA) is 38.9 Å². The molecule has 2 aromatic carbocycles. The molecule has 0 spiro atoms. The molecule has 0 aliphatic carbocycles. The van der Waals surface area contributed by atoms with Crippen molar-refractivity contribution in [1.29, 1.82) is 0 Å². The Balaban J connectivity index is 1.89. The van der Waals surface area contributed by atoms with Gasteiger partial charge in [0.25, 0.3) is 0 Å². The lowest BCUT2D eigenvalue weighted by Crippen LogP contribution is -2.05. The molecule has 1 atom stereocenters. The lowest BCUT2D eigenvalue weighted by molar-refractivity contribution is 0.811. The molecule has 20 heavy (non-hydrogen) atoms. The van der Waals surface area contributed by atoms with Crippen molar-refractivity contribution in [2.45, 2.75) is 22.2 Å². The second-order valence-corrected chi connectivity index (χ2v) is 7.73. The van der Waals surface area contributed by atoms with Gasteiger partial charge in [-0.3, -0.25) is 0 Å². The van der Waals surface area contributed by atoms with Crippen LogP contribution in [0.4, 0.5) is 0 Å². The molecule has 0 amide bonds. The Labute approximate surface area is 134 Å². The van der Waals surface area contributed by atoms with Crippen LogP contribution < -0.4 is 5.73 Å². The van der Waals surface area contributed by atoms with E-state index in [1.165, 1.54) is 9.60 Å². The standard InChI is InChI=1S/C15H13BrN2S2/c1-9(17)11-7-6-10(8-12(11)16)19-15-18-13-4-2-3-5-14(13)20-15/h2-9H,17H2,1H3/t9-/m1/s1. The third-order valence-corrected chi connectivity index (χ3v) is 5.72. The number of aromatic nitrogens is 1. The number of para-hydroxylation sites is 1. The average molecular weight is 365 g/mol. The lowest BCUT2D eigenvalue weighted by Gasteiger charge is -2.09.